The summed E-state index contributed by atoms with van der Waals surface area (Å²) in [5.74, 6) is -1.23. The molecule has 0 bridgehead atoms. The molecule has 2 rings (SSSR count). The normalized spacial score (nSPS) is 12.1. The molecule has 3 heteroatoms. The van der Waals surface area contributed by atoms with E-state index in [2.05, 4.69) is 0 Å². The summed E-state index contributed by atoms with van der Waals surface area (Å²) < 4.78 is 0. The minimum absolute atomic E-state index is 0.433. The first-order valence-corrected chi connectivity index (χ1v) is 5.66. The van der Waals surface area contributed by atoms with Crippen molar-refractivity contribution in [1.29, 1.82) is 0 Å². The molecule has 0 saturated carbocycles. The molecular weight excluding hydrogens is 228 g/mol. The molecule has 2 aromatic carbocycles. The van der Waals surface area contributed by atoms with E-state index in [4.69, 9.17) is 5.11 Å². The molecule has 0 amide bonds. The number of hydrogen-bond acceptors (Lipinski definition) is 2. The minimum Gasteiger partial charge on any atom is -0.479 e. The van der Waals surface area contributed by atoms with E-state index in [9.17, 15) is 9.90 Å². The van der Waals surface area contributed by atoms with Gasteiger partial charge in [-0.05, 0) is 29.2 Å². The maximum Gasteiger partial charge on any atom is 0.337 e. The van der Waals surface area contributed by atoms with Gasteiger partial charge in [0.2, 0.25) is 0 Å². The second-order valence-corrected chi connectivity index (χ2v) is 4.18. The van der Waals surface area contributed by atoms with Crippen LogP contribution in [0.1, 0.15) is 17.2 Å². The molecule has 1 atom stereocenters. The second-order valence-electron chi connectivity index (χ2n) is 4.18. The summed E-state index contributed by atoms with van der Waals surface area (Å²) in [6.07, 6.45) is -1.46. The highest BCUT2D eigenvalue weighted by Crippen LogP contribution is 2.25. The molecule has 2 aromatic rings. The summed E-state index contributed by atoms with van der Waals surface area (Å²) in [6, 6.07) is 15.2. The number of carbonyl (C=O) groups is 1. The first kappa shape index (κ1) is 12.3. The predicted molar refractivity (Wildman–Crippen MR) is 69.2 cm³/mol. The molecule has 0 saturated heterocycles. The molecule has 0 aliphatic rings. The van der Waals surface area contributed by atoms with Crippen molar-refractivity contribution in [2.45, 2.75) is 13.0 Å². The van der Waals surface area contributed by atoms with Crippen molar-refractivity contribution in [1.82, 2.24) is 0 Å². The van der Waals surface area contributed by atoms with Gasteiger partial charge in [0.15, 0.2) is 6.10 Å². The Morgan fingerprint density at radius 3 is 2.28 bits per heavy atom. The van der Waals surface area contributed by atoms with E-state index < -0.39 is 12.1 Å². The van der Waals surface area contributed by atoms with E-state index in [-0.39, 0.29) is 0 Å². The average molecular weight is 242 g/mol. The summed E-state index contributed by atoms with van der Waals surface area (Å²) in [4.78, 5) is 10.8. The number of aryl methyl sites for hydroxylation is 1. The van der Waals surface area contributed by atoms with Crippen LogP contribution in [0.25, 0.3) is 11.1 Å². The molecule has 0 spiro atoms. The Kier molecular flexibility index (Phi) is 3.44. The zero-order chi connectivity index (χ0) is 13.1. The van der Waals surface area contributed by atoms with Crippen LogP contribution in [-0.4, -0.2) is 16.2 Å². The van der Waals surface area contributed by atoms with Crippen molar-refractivity contribution < 1.29 is 15.0 Å². The minimum atomic E-state index is -1.46. The number of aliphatic hydroxyl groups is 1. The van der Waals surface area contributed by atoms with Crippen LogP contribution in [0.4, 0.5) is 0 Å². The maximum atomic E-state index is 10.8. The lowest BCUT2D eigenvalue weighted by atomic mass is 9.97. The Morgan fingerprint density at radius 2 is 1.72 bits per heavy atom. The van der Waals surface area contributed by atoms with E-state index in [0.29, 0.717) is 5.56 Å². The number of hydrogen-bond donors (Lipinski definition) is 2. The third-order valence-electron chi connectivity index (χ3n) is 2.91. The Balaban J connectivity index is 2.40. The highest BCUT2D eigenvalue weighted by molar-refractivity contribution is 5.75. The van der Waals surface area contributed by atoms with E-state index in [1.807, 2.05) is 42.5 Å². The fourth-order valence-electron chi connectivity index (χ4n) is 1.93. The van der Waals surface area contributed by atoms with Gasteiger partial charge in [0.25, 0.3) is 0 Å². The third-order valence-corrected chi connectivity index (χ3v) is 2.91. The van der Waals surface area contributed by atoms with Crippen LogP contribution in [0.5, 0.6) is 0 Å². The number of carboxylic acids is 1. The molecular formula is C15H14O3. The molecule has 0 fully saturated rings. The van der Waals surface area contributed by atoms with Crippen LogP contribution >= 0.6 is 0 Å². The summed E-state index contributed by atoms with van der Waals surface area (Å²) in [7, 11) is 0. The van der Waals surface area contributed by atoms with Gasteiger partial charge in [-0.15, -0.1) is 0 Å². The van der Waals surface area contributed by atoms with Crippen molar-refractivity contribution in [3.63, 3.8) is 0 Å². The lowest BCUT2D eigenvalue weighted by Gasteiger charge is -2.11. The van der Waals surface area contributed by atoms with E-state index in [1.54, 1.807) is 13.0 Å². The maximum absolute atomic E-state index is 10.8. The lowest BCUT2D eigenvalue weighted by molar-refractivity contribution is -0.147. The molecule has 0 aliphatic heterocycles. The quantitative estimate of drug-likeness (QED) is 0.870. The number of aliphatic carboxylic acids is 1. The van der Waals surface area contributed by atoms with Gasteiger partial charge in [0.1, 0.15) is 0 Å². The number of carboxylic acid groups (broad SMARTS) is 1. The number of benzene rings is 2. The van der Waals surface area contributed by atoms with Crippen LogP contribution in [0.3, 0.4) is 0 Å². The highest BCUT2D eigenvalue weighted by atomic mass is 16.4. The average Bonchev–Trinajstić information content (AvgIpc) is 2.38. The van der Waals surface area contributed by atoms with Gasteiger partial charge in [0.05, 0.1) is 0 Å². The van der Waals surface area contributed by atoms with Gasteiger partial charge < -0.3 is 10.2 Å². The predicted octanol–water partition coefficient (Wildman–Crippen LogP) is 2.78. The van der Waals surface area contributed by atoms with Crippen molar-refractivity contribution in [3.8, 4) is 11.1 Å². The largest absolute Gasteiger partial charge is 0.479 e. The first-order chi connectivity index (χ1) is 8.59. The molecule has 0 radical (unpaired) electrons. The first-order valence-electron chi connectivity index (χ1n) is 5.66. The number of rotatable bonds is 3. The van der Waals surface area contributed by atoms with Crippen LogP contribution < -0.4 is 0 Å². The van der Waals surface area contributed by atoms with Gasteiger partial charge in [-0.1, -0.05) is 48.5 Å². The SMILES string of the molecule is Cc1cc(-c2ccccc2)ccc1C(O)C(=O)O. The summed E-state index contributed by atoms with van der Waals surface area (Å²) >= 11 is 0. The van der Waals surface area contributed by atoms with Gasteiger partial charge >= 0.3 is 5.97 Å². The highest BCUT2D eigenvalue weighted by Gasteiger charge is 2.18. The van der Waals surface area contributed by atoms with Gasteiger partial charge in [-0.25, -0.2) is 4.79 Å². The molecule has 92 valence electrons. The van der Waals surface area contributed by atoms with E-state index in [1.165, 1.54) is 0 Å². The summed E-state index contributed by atoms with van der Waals surface area (Å²) in [6.45, 7) is 1.80. The molecule has 18 heavy (non-hydrogen) atoms. The zero-order valence-corrected chi connectivity index (χ0v) is 10.00. The van der Waals surface area contributed by atoms with Gasteiger partial charge in [0, 0.05) is 0 Å². The second kappa shape index (κ2) is 5.02. The summed E-state index contributed by atoms with van der Waals surface area (Å²) in [5.41, 5.74) is 3.28. The zero-order valence-electron chi connectivity index (χ0n) is 10.00. The Morgan fingerprint density at radius 1 is 1.06 bits per heavy atom. The molecule has 3 nitrogen and oxygen atoms in total. The monoisotopic (exact) mass is 242 g/mol. The lowest BCUT2D eigenvalue weighted by Crippen LogP contribution is -2.11. The van der Waals surface area contributed by atoms with Crippen LogP contribution in [-0.2, 0) is 4.79 Å². The van der Waals surface area contributed by atoms with Crippen LogP contribution in [0.2, 0.25) is 0 Å². The van der Waals surface area contributed by atoms with Gasteiger partial charge in [-0.2, -0.15) is 0 Å². The van der Waals surface area contributed by atoms with E-state index >= 15 is 0 Å². The molecule has 0 heterocycles. The molecule has 2 N–H and O–H groups in total. The Labute approximate surface area is 105 Å². The van der Waals surface area contributed by atoms with Crippen LogP contribution in [0.15, 0.2) is 48.5 Å². The Hall–Kier alpha value is -2.13. The van der Waals surface area contributed by atoms with Crippen molar-refractivity contribution >= 4 is 5.97 Å². The Bertz CT molecular complexity index is 561. The third kappa shape index (κ3) is 2.41. The van der Waals surface area contributed by atoms with Crippen molar-refractivity contribution in [2.75, 3.05) is 0 Å². The summed E-state index contributed by atoms with van der Waals surface area (Å²) in [5, 5.41) is 18.3. The fraction of sp³-hybridized carbons (Fsp3) is 0.133. The smallest absolute Gasteiger partial charge is 0.337 e. The van der Waals surface area contributed by atoms with Crippen molar-refractivity contribution in [2.24, 2.45) is 0 Å². The van der Waals surface area contributed by atoms with Crippen LogP contribution in [0, 0.1) is 6.92 Å². The van der Waals surface area contributed by atoms with Crippen molar-refractivity contribution in [3.05, 3.63) is 59.7 Å². The molecule has 0 aliphatic carbocycles. The fourth-order valence-corrected chi connectivity index (χ4v) is 1.93. The molecule has 0 aromatic heterocycles. The number of aliphatic hydroxyl groups excluding tert-OH is 1. The van der Waals surface area contributed by atoms with Gasteiger partial charge in [-0.3, -0.25) is 0 Å². The topological polar surface area (TPSA) is 57.5 Å². The van der Waals surface area contributed by atoms with E-state index in [0.717, 1.165) is 16.7 Å². The standard InChI is InChI=1S/C15H14O3/c1-10-9-12(11-5-3-2-4-6-11)7-8-13(10)14(16)15(17)18/h2-9,14,16H,1H3,(H,17,18). The molecule has 1 unspecified atom stereocenters.